The van der Waals surface area contributed by atoms with Crippen molar-refractivity contribution in [2.45, 2.75) is 6.92 Å². The van der Waals surface area contributed by atoms with Crippen LogP contribution in [0.1, 0.15) is 15.2 Å². The molecule has 0 radical (unpaired) electrons. The lowest BCUT2D eigenvalue weighted by atomic mass is 10.1. The number of aryl methyl sites for hydroxylation is 1. The van der Waals surface area contributed by atoms with Crippen molar-refractivity contribution in [1.82, 2.24) is 0 Å². The zero-order chi connectivity index (χ0) is 12.7. The van der Waals surface area contributed by atoms with Crippen LogP contribution in [0.15, 0.2) is 12.1 Å². The maximum absolute atomic E-state index is 11.8. The van der Waals surface area contributed by atoms with Gasteiger partial charge in [0.05, 0.1) is 12.7 Å². The normalized spacial score (nSPS) is 13.7. The van der Waals surface area contributed by atoms with E-state index in [1.54, 1.807) is 11.3 Å². The first-order valence-corrected chi connectivity index (χ1v) is 6.43. The molecule has 0 atom stereocenters. The highest BCUT2D eigenvalue weighted by Gasteiger charge is 2.21. The van der Waals surface area contributed by atoms with Gasteiger partial charge < -0.3 is 14.2 Å². The topological polar surface area (TPSA) is 44.8 Å². The van der Waals surface area contributed by atoms with Gasteiger partial charge in [-0.2, -0.15) is 0 Å². The molecule has 0 aliphatic carbocycles. The number of rotatable bonds is 1. The molecule has 94 valence electrons. The van der Waals surface area contributed by atoms with Crippen LogP contribution in [-0.4, -0.2) is 26.3 Å². The minimum absolute atomic E-state index is 0.310. The number of hydrogen-bond acceptors (Lipinski definition) is 5. The molecule has 3 rings (SSSR count). The van der Waals surface area contributed by atoms with E-state index < -0.39 is 0 Å². The van der Waals surface area contributed by atoms with Gasteiger partial charge in [0.2, 0.25) is 0 Å². The monoisotopic (exact) mass is 264 g/mol. The Morgan fingerprint density at radius 1 is 1.28 bits per heavy atom. The average molecular weight is 264 g/mol. The van der Waals surface area contributed by atoms with Gasteiger partial charge >= 0.3 is 5.97 Å². The summed E-state index contributed by atoms with van der Waals surface area (Å²) >= 11 is 1.56. The van der Waals surface area contributed by atoms with Gasteiger partial charge in [0.25, 0.3) is 0 Å². The second kappa shape index (κ2) is 4.17. The number of methoxy groups -OCH3 is 1. The predicted octanol–water partition coefficient (Wildman–Crippen LogP) is 2.77. The second-order valence-electron chi connectivity index (χ2n) is 4.02. The lowest BCUT2D eigenvalue weighted by molar-refractivity contribution is 0.0603. The van der Waals surface area contributed by atoms with E-state index in [0.717, 1.165) is 20.7 Å². The molecule has 0 unspecified atom stereocenters. The summed E-state index contributed by atoms with van der Waals surface area (Å²) in [5.74, 6) is 1.12. The third-order valence-corrected chi connectivity index (χ3v) is 3.99. The van der Waals surface area contributed by atoms with Crippen LogP contribution in [0.2, 0.25) is 0 Å². The first-order valence-electron chi connectivity index (χ1n) is 5.62. The van der Waals surface area contributed by atoms with Crippen molar-refractivity contribution in [3.8, 4) is 11.5 Å². The summed E-state index contributed by atoms with van der Waals surface area (Å²) in [5.41, 5.74) is 0.620. The second-order valence-corrected chi connectivity index (χ2v) is 5.27. The number of fused-ring (bicyclic) bond motifs is 2. The van der Waals surface area contributed by atoms with Crippen LogP contribution >= 0.6 is 11.3 Å². The van der Waals surface area contributed by atoms with E-state index in [1.807, 2.05) is 19.1 Å². The number of carbonyl (C=O) groups excluding carboxylic acids is 1. The lowest BCUT2D eigenvalue weighted by Crippen LogP contribution is -2.15. The highest BCUT2D eigenvalue weighted by molar-refractivity contribution is 7.19. The summed E-state index contributed by atoms with van der Waals surface area (Å²) in [7, 11) is 1.39. The fourth-order valence-electron chi connectivity index (χ4n) is 2.11. The highest BCUT2D eigenvalue weighted by atomic mass is 32.1. The lowest BCUT2D eigenvalue weighted by Gasteiger charge is -2.18. The van der Waals surface area contributed by atoms with Gasteiger partial charge in [-0.3, -0.25) is 0 Å². The van der Waals surface area contributed by atoms with Crippen LogP contribution in [0.3, 0.4) is 0 Å². The molecule has 5 heteroatoms. The molecule has 0 bridgehead atoms. The Morgan fingerprint density at radius 2 is 1.94 bits per heavy atom. The fourth-order valence-corrected chi connectivity index (χ4v) is 3.17. The summed E-state index contributed by atoms with van der Waals surface area (Å²) in [5, 5.41) is 0.869. The predicted molar refractivity (Wildman–Crippen MR) is 68.9 cm³/mol. The molecule has 0 saturated carbocycles. The molecule has 1 aliphatic rings. The molecule has 2 heterocycles. The number of thiophene rings is 1. The molecule has 1 aromatic heterocycles. The highest BCUT2D eigenvalue weighted by Crippen LogP contribution is 2.40. The van der Waals surface area contributed by atoms with Crippen molar-refractivity contribution < 1.29 is 19.0 Å². The molecule has 0 N–H and O–H groups in total. The summed E-state index contributed by atoms with van der Waals surface area (Å²) in [6, 6.07) is 3.79. The van der Waals surface area contributed by atoms with Crippen LogP contribution in [0.25, 0.3) is 10.1 Å². The zero-order valence-corrected chi connectivity index (χ0v) is 10.9. The minimum atomic E-state index is -0.310. The zero-order valence-electron chi connectivity index (χ0n) is 10.1. The molecule has 0 fully saturated rings. The Morgan fingerprint density at radius 3 is 2.61 bits per heavy atom. The maximum Gasteiger partial charge on any atom is 0.339 e. The van der Waals surface area contributed by atoms with Crippen LogP contribution in [0.5, 0.6) is 11.5 Å². The van der Waals surface area contributed by atoms with Crippen molar-refractivity contribution in [2.75, 3.05) is 20.3 Å². The van der Waals surface area contributed by atoms with Gasteiger partial charge in [-0.15, -0.1) is 11.3 Å². The Bertz CT molecular complexity index is 629. The number of carbonyl (C=O) groups is 1. The van der Waals surface area contributed by atoms with Gasteiger partial charge in [-0.25, -0.2) is 4.79 Å². The van der Waals surface area contributed by atoms with E-state index in [9.17, 15) is 4.79 Å². The first-order chi connectivity index (χ1) is 8.70. The number of benzene rings is 1. The molecule has 0 saturated heterocycles. The Balaban J connectivity index is 2.25. The van der Waals surface area contributed by atoms with Gasteiger partial charge in [-0.05, 0) is 13.0 Å². The quantitative estimate of drug-likeness (QED) is 0.743. The van der Waals surface area contributed by atoms with E-state index >= 15 is 0 Å². The third-order valence-electron chi connectivity index (χ3n) is 2.92. The molecule has 2 aromatic rings. The van der Waals surface area contributed by atoms with Gasteiger partial charge in [0, 0.05) is 21.0 Å². The minimum Gasteiger partial charge on any atom is -0.486 e. The summed E-state index contributed by atoms with van der Waals surface area (Å²) in [6.07, 6.45) is 0. The molecule has 0 spiro atoms. The summed E-state index contributed by atoms with van der Waals surface area (Å²) < 4.78 is 16.9. The standard InChI is InChI=1S/C13H12O4S/c1-7-12(13(14)15-2)8-5-9-10(6-11(8)18-7)17-4-3-16-9/h5-6H,3-4H2,1-2H3. The van der Waals surface area contributed by atoms with Crippen molar-refractivity contribution in [1.29, 1.82) is 0 Å². The van der Waals surface area contributed by atoms with Crippen molar-refractivity contribution in [2.24, 2.45) is 0 Å². The molecule has 1 aromatic carbocycles. The molecule has 0 amide bonds. The van der Waals surface area contributed by atoms with E-state index in [2.05, 4.69) is 0 Å². The Labute approximate surface area is 108 Å². The van der Waals surface area contributed by atoms with E-state index in [-0.39, 0.29) is 5.97 Å². The van der Waals surface area contributed by atoms with Crippen LogP contribution in [0.4, 0.5) is 0 Å². The number of ether oxygens (including phenoxy) is 3. The van der Waals surface area contributed by atoms with E-state index in [4.69, 9.17) is 14.2 Å². The molecule has 1 aliphatic heterocycles. The molecular weight excluding hydrogens is 252 g/mol. The number of esters is 1. The summed E-state index contributed by atoms with van der Waals surface area (Å²) in [4.78, 5) is 12.7. The smallest absolute Gasteiger partial charge is 0.339 e. The van der Waals surface area contributed by atoms with Gasteiger partial charge in [-0.1, -0.05) is 0 Å². The van der Waals surface area contributed by atoms with Crippen molar-refractivity contribution >= 4 is 27.4 Å². The molecular formula is C13H12O4S. The average Bonchev–Trinajstić information content (AvgIpc) is 2.70. The van der Waals surface area contributed by atoms with Crippen LogP contribution in [-0.2, 0) is 4.74 Å². The largest absolute Gasteiger partial charge is 0.486 e. The molecule has 18 heavy (non-hydrogen) atoms. The van der Waals surface area contributed by atoms with Gasteiger partial charge in [0.1, 0.15) is 13.2 Å². The molecule has 4 nitrogen and oxygen atoms in total. The van der Waals surface area contributed by atoms with Gasteiger partial charge in [0.15, 0.2) is 11.5 Å². The van der Waals surface area contributed by atoms with Crippen LogP contribution in [0, 0.1) is 6.92 Å². The first kappa shape index (κ1) is 11.3. The summed E-state index contributed by atoms with van der Waals surface area (Å²) in [6.45, 7) is 3.01. The van der Waals surface area contributed by atoms with E-state index in [1.165, 1.54) is 7.11 Å². The fraction of sp³-hybridized carbons (Fsp3) is 0.308. The van der Waals surface area contributed by atoms with E-state index in [0.29, 0.717) is 24.5 Å². The van der Waals surface area contributed by atoms with Crippen molar-refractivity contribution in [3.63, 3.8) is 0 Å². The SMILES string of the molecule is COC(=O)c1c(C)sc2cc3c(cc12)OCCO3. The number of hydrogen-bond donors (Lipinski definition) is 0. The maximum atomic E-state index is 11.8. The third kappa shape index (κ3) is 1.62. The Hall–Kier alpha value is -1.75. The Kier molecular flexibility index (Phi) is 2.63. The van der Waals surface area contributed by atoms with Crippen molar-refractivity contribution in [3.05, 3.63) is 22.6 Å². The van der Waals surface area contributed by atoms with Crippen LogP contribution < -0.4 is 9.47 Å².